The van der Waals surface area contributed by atoms with Crippen molar-refractivity contribution in [2.24, 2.45) is 17.1 Å². The van der Waals surface area contributed by atoms with Gasteiger partial charge in [-0.15, -0.1) is 0 Å². The third kappa shape index (κ3) is 4.49. The van der Waals surface area contributed by atoms with Crippen LogP contribution in [0.5, 0.6) is 0 Å². The third-order valence-electron chi connectivity index (χ3n) is 7.70. The Labute approximate surface area is 192 Å². The highest BCUT2D eigenvalue weighted by Gasteiger charge is 2.61. The van der Waals surface area contributed by atoms with Gasteiger partial charge in [0.2, 0.25) is 11.8 Å². The number of ether oxygens (including phenoxy) is 1. The summed E-state index contributed by atoms with van der Waals surface area (Å²) in [5.41, 5.74) is 5.50. The molecule has 2 bridgehead atoms. The van der Waals surface area contributed by atoms with Crippen molar-refractivity contribution in [3.05, 3.63) is 35.1 Å². The number of carbonyl (C=O) groups is 2. The molecule has 1 aliphatic carbocycles. The van der Waals surface area contributed by atoms with E-state index in [-0.39, 0.29) is 41.8 Å². The number of piperidine rings is 1. The first kappa shape index (κ1) is 24.0. The second-order valence-electron chi connectivity index (χ2n) is 9.86. The number of halogens is 3. The van der Waals surface area contributed by atoms with E-state index < -0.39 is 28.9 Å². The van der Waals surface area contributed by atoms with Gasteiger partial charge in [-0.3, -0.25) is 9.59 Å². The lowest BCUT2D eigenvalue weighted by Gasteiger charge is -2.42. The van der Waals surface area contributed by atoms with E-state index in [4.69, 9.17) is 10.5 Å². The summed E-state index contributed by atoms with van der Waals surface area (Å²) in [4.78, 5) is 30.0. The fraction of sp³-hybridized carbons (Fsp3) is 0.667. The molecule has 2 N–H and O–H groups in total. The van der Waals surface area contributed by atoms with E-state index in [9.17, 15) is 22.8 Å². The second kappa shape index (κ2) is 9.25. The first-order valence-electron chi connectivity index (χ1n) is 11.6. The molecule has 0 unspecified atom stereocenters. The molecule has 0 aromatic heterocycles. The zero-order chi connectivity index (χ0) is 23.9. The average molecular weight is 468 g/mol. The van der Waals surface area contributed by atoms with Gasteiger partial charge in [-0.25, -0.2) is 13.2 Å². The van der Waals surface area contributed by atoms with Crippen LogP contribution in [0.1, 0.15) is 44.1 Å². The molecule has 6 nitrogen and oxygen atoms in total. The fourth-order valence-electron chi connectivity index (χ4n) is 5.63. The molecule has 3 fully saturated rings. The van der Waals surface area contributed by atoms with Crippen LogP contribution in [0.25, 0.3) is 0 Å². The minimum absolute atomic E-state index is 0.00310. The van der Waals surface area contributed by atoms with Gasteiger partial charge in [-0.1, -0.05) is 0 Å². The predicted octanol–water partition coefficient (Wildman–Crippen LogP) is 2.63. The summed E-state index contributed by atoms with van der Waals surface area (Å²) in [6.45, 7) is 0.855. The molecule has 33 heavy (non-hydrogen) atoms. The fourth-order valence-corrected chi connectivity index (χ4v) is 5.63. The number of nitrogens with zero attached hydrogens (tertiary/aromatic N) is 2. The molecule has 1 saturated carbocycles. The molecule has 4 rings (SSSR count). The summed E-state index contributed by atoms with van der Waals surface area (Å²) in [7, 11) is 3.27. The van der Waals surface area contributed by atoms with Crippen molar-refractivity contribution in [1.82, 2.24) is 9.80 Å². The molecule has 4 atom stereocenters. The quantitative estimate of drug-likeness (QED) is 0.471. The lowest BCUT2D eigenvalue weighted by molar-refractivity contribution is -0.152. The van der Waals surface area contributed by atoms with Crippen molar-refractivity contribution in [3.8, 4) is 0 Å². The Kier molecular flexibility index (Phi) is 6.73. The Balaban J connectivity index is 1.42. The number of rotatable bonds is 8. The summed E-state index contributed by atoms with van der Waals surface area (Å²) in [6, 6.07) is 0.994. The van der Waals surface area contributed by atoms with Crippen LogP contribution in [0.3, 0.4) is 0 Å². The highest BCUT2D eigenvalue weighted by Crippen LogP contribution is 2.52. The van der Waals surface area contributed by atoms with Crippen LogP contribution in [0.2, 0.25) is 0 Å². The summed E-state index contributed by atoms with van der Waals surface area (Å²) < 4.78 is 45.9. The predicted molar refractivity (Wildman–Crippen MR) is 116 cm³/mol. The van der Waals surface area contributed by atoms with Crippen molar-refractivity contribution in [2.45, 2.75) is 63.1 Å². The van der Waals surface area contributed by atoms with E-state index in [0.29, 0.717) is 44.9 Å². The molecule has 9 heteroatoms. The van der Waals surface area contributed by atoms with Gasteiger partial charge in [0.25, 0.3) is 0 Å². The lowest BCUT2D eigenvalue weighted by Crippen LogP contribution is -2.55. The number of nitrogens with two attached hydrogens (primary N) is 1. The van der Waals surface area contributed by atoms with E-state index in [0.717, 1.165) is 18.9 Å². The number of carbonyl (C=O) groups excluding carboxylic acids is 2. The molecule has 2 heterocycles. The summed E-state index contributed by atoms with van der Waals surface area (Å²) >= 11 is 0. The van der Waals surface area contributed by atoms with Crippen LogP contribution >= 0.6 is 0 Å². The van der Waals surface area contributed by atoms with E-state index in [1.54, 1.807) is 19.1 Å². The Hall–Kier alpha value is -2.13. The van der Waals surface area contributed by atoms with Gasteiger partial charge in [0.15, 0.2) is 11.6 Å². The van der Waals surface area contributed by atoms with E-state index in [1.165, 1.54) is 0 Å². The topological polar surface area (TPSA) is 75.9 Å². The van der Waals surface area contributed by atoms with Crippen LogP contribution in [-0.4, -0.2) is 67.0 Å². The summed E-state index contributed by atoms with van der Waals surface area (Å²) in [6.07, 6.45) is 4.27. The maximum Gasteiger partial charge on any atom is 0.238 e. The average Bonchev–Trinajstić information content (AvgIpc) is 3.55. The van der Waals surface area contributed by atoms with Crippen LogP contribution in [0.4, 0.5) is 13.2 Å². The van der Waals surface area contributed by atoms with Crippen molar-refractivity contribution in [3.63, 3.8) is 0 Å². The van der Waals surface area contributed by atoms with Gasteiger partial charge in [0.1, 0.15) is 11.2 Å². The van der Waals surface area contributed by atoms with Gasteiger partial charge < -0.3 is 20.3 Å². The number of methoxy groups -OCH3 is 1. The molecule has 2 amide bonds. The Morgan fingerprint density at radius 3 is 2.33 bits per heavy atom. The van der Waals surface area contributed by atoms with Gasteiger partial charge >= 0.3 is 0 Å². The number of hydrogen-bond donors (Lipinski definition) is 1. The molecule has 0 spiro atoms. The molecule has 3 aliphatic rings. The van der Waals surface area contributed by atoms with Gasteiger partial charge in [0, 0.05) is 44.9 Å². The van der Waals surface area contributed by atoms with E-state index >= 15 is 0 Å². The standard InChI is InChI=1S/C24H32F3N3O3/c1-29(7-8-33-2)22(31)24(5-6-24)23(32)30-16-3-4-17(30)10-15(9-16)21(28)12-14-11-19(26)20(27)13-18(14)25/h11,13,15-17,21H,3-10,12,28H2,1-2H3/t15-,16-,17+,21-/m1/s1. The van der Waals surface area contributed by atoms with E-state index in [2.05, 4.69) is 0 Å². The Bertz CT molecular complexity index is 910. The molecule has 1 aromatic carbocycles. The summed E-state index contributed by atoms with van der Waals surface area (Å²) in [5, 5.41) is 0. The second-order valence-corrected chi connectivity index (χ2v) is 9.86. The molecule has 2 saturated heterocycles. The number of amides is 2. The van der Waals surface area contributed by atoms with Crippen molar-refractivity contribution < 1.29 is 27.5 Å². The highest BCUT2D eigenvalue weighted by atomic mass is 19.2. The number of hydrogen-bond acceptors (Lipinski definition) is 4. The lowest BCUT2D eigenvalue weighted by atomic mass is 9.82. The van der Waals surface area contributed by atoms with Gasteiger partial charge in [-0.2, -0.15) is 0 Å². The first-order valence-corrected chi connectivity index (χ1v) is 11.6. The number of benzene rings is 1. The van der Waals surface area contributed by atoms with E-state index in [1.807, 2.05) is 4.90 Å². The molecular weight excluding hydrogens is 435 g/mol. The Morgan fingerprint density at radius 2 is 1.76 bits per heavy atom. The van der Waals surface area contributed by atoms with Crippen molar-refractivity contribution >= 4 is 11.8 Å². The maximum absolute atomic E-state index is 14.1. The Morgan fingerprint density at radius 1 is 1.15 bits per heavy atom. The zero-order valence-electron chi connectivity index (χ0n) is 19.2. The monoisotopic (exact) mass is 467 g/mol. The minimum atomic E-state index is -1.22. The number of likely N-dealkylation sites (N-methyl/N-ethyl adjacent to an activating group) is 1. The summed E-state index contributed by atoms with van der Waals surface area (Å²) in [5.74, 6) is -3.29. The SMILES string of the molecule is COCCN(C)C(=O)C1(C(=O)N2[C@@H]3CC[C@H]2C[C@H]([C@H](N)Cc2cc(F)c(F)cc2F)C3)CC1. The van der Waals surface area contributed by atoms with Gasteiger partial charge in [0.05, 0.1) is 6.61 Å². The molecule has 1 aromatic rings. The third-order valence-corrected chi connectivity index (χ3v) is 7.70. The van der Waals surface area contributed by atoms with Crippen LogP contribution < -0.4 is 5.73 Å². The minimum Gasteiger partial charge on any atom is -0.383 e. The number of fused-ring (bicyclic) bond motifs is 2. The highest BCUT2D eigenvalue weighted by molar-refractivity contribution is 6.08. The van der Waals surface area contributed by atoms with Crippen molar-refractivity contribution in [2.75, 3.05) is 27.3 Å². The largest absolute Gasteiger partial charge is 0.383 e. The maximum atomic E-state index is 14.1. The van der Waals surface area contributed by atoms with Gasteiger partial charge in [-0.05, 0) is 62.5 Å². The van der Waals surface area contributed by atoms with Crippen LogP contribution in [0, 0.1) is 28.8 Å². The molecule has 2 aliphatic heterocycles. The first-order chi connectivity index (χ1) is 15.7. The molecule has 0 radical (unpaired) electrons. The normalized spacial score (nSPS) is 26.2. The van der Waals surface area contributed by atoms with Crippen molar-refractivity contribution in [1.29, 1.82) is 0 Å². The van der Waals surface area contributed by atoms with Crippen LogP contribution in [-0.2, 0) is 20.7 Å². The zero-order valence-corrected chi connectivity index (χ0v) is 19.2. The van der Waals surface area contributed by atoms with Crippen LogP contribution in [0.15, 0.2) is 12.1 Å². The molecule has 182 valence electrons. The smallest absolute Gasteiger partial charge is 0.238 e. The molecular formula is C24H32F3N3O3.